The van der Waals surface area contributed by atoms with E-state index in [-0.39, 0.29) is 12.6 Å². The highest BCUT2D eigenvalue weighted by Crippen LogP contribution is 2.29. The van der Waals surface area contributed by atoms with E-state index in [1.807, 2.05) is 11.4 Å². The monoisotopic (exact) mass is 249 g/mol. The Kier molecular flexibility index (Phi) is 4.21. The Balaban J connectivity index is 2.52. The van der Waals surface area contributed by atoms with Gasteiger partial charge in [0.1, 0.15) is 0 Å². The molecular weight excluding hydrogens is 238 g/mol. The second-order valence-corrected chi connectivity index (χ2v) is 4.41. The highest BCUT2D eigenvalue weighted by molar-refractivity contribution is 9.10. The summed E-state index contributed by atoms with van der Waals surface area (Å²) in [5.74, 6) is 0. The standard InChI is InChI=1S/C8H12BrNOS/c9-6-3-5-12-8(6)7(10)2-1-4-11/h3,5,7,11H,1-2,4,10H2/t7-/m0/s1. The number of rotatable bonds is 4. The minimum Gasteiger partial charge on any atom is -0.396 e. The molecule has 0 radical (unpaired) electrons. The van der Waals surface area contributed by atoms with Crippen LogP contribution in [0.25, 0.3) is 0 Å². The van der Waals surface area contributed by atoms with Crippen LogP contribution in [0.15, 0.2) is 15.9 Å². The number of hydrogen-bond acceptors (Lipinski definition) is 3. The van der Waals surface area contributed by atoms with Gasteiger partial charge in [-0.05, 0) is 40.2 Å². The predicted octanol–water partition coefficient (Wildman–Crippen LogP) is 2.28. The van der Waals surface area contributed by atoms with Gasteiger partial charge in [-0.1, -0.05) is 0 Å². The Hall–Kier alpha value is 0.100. The van der Waals surface area contributed by atoms with Crippen LogP contribution >= 0.6 is 27.3 Å². The van der Waals surface area contributed by atoms with Gasteiger partial charge in [-0.15, -0.1) is 11.3 Å². The summed E-state index contributed by atoms with van der Waals surface area (Å²) in [5.41, 5.74) is 5.90. The zero-order valence-corrected chi connectivity index (χ0v) is 9.07. The van der Waals surface area contributed by atoms with Crippen molar-refractivity contribution >= 4 is 27.3 Å². The van der Waals surface area contributed by atoms with Crippen LogP contribution < -0.4 is 5.73 Å². The Bertz CT molecular complexity index is 239. The third-order valence-corrected chi connectivity index (χ3v) is 3.66. The fraction of sp³-hybridized carbons (Fsp3) is 0.500. The van der Waals surface area contributed by atoms with E-state index in [2.05, 4.69) is 15.9 Å². The number of nitrogens with two attached hydrogens (primary N) is 1. The molecule has 1 aromatic rings. The van der Waals surface area contributed by atoms with Crippen molar-refractivity contribution in [2.45, 2.75) is 18.9 Å². The summed E-state index contributed by atoms with van der Waals surface area (Å²) < 4.78 is 1.08. The lowest BCUT2D eigenvalue weighted by Crippen LogP contribution is -2.09. The summed E-state index contributed by atoms with van der Waals surface area (Å²) in [7, 11) is 0. The lowest BCUT2D eigenvalue weighted by Gasteiger charge is -2.08. The molecule has 1 atom stereocenters. The van der Waals surface area contributed by atoms with Crippen LogP contribution in [0.2, 0.25) is 0 Å². The number of hydrogen-bond donors (Lipinski definition) is 2. The molecule has 1 heterocycles. The van der Waals surface area contributed by atoms with Gasteiger partial charge in [0.15, 0.2) is 0 Å². The fourth-order valence-electron chi connectivity index (χ4n) is 1.01. The van der Waals surface area contributed by atoms with E-state index >= 15 is 0 Å². The van der Waals surface area contributed by atoms with E-state index in [9.17, 15) is 0 Å². The minimum absolute atomic E-state index is 0.0616. The van der Waals surface area contributed by atoms with Crippen molar-refractivity contribution in [3.63, 3.8) is 0 Å². The number of halogens is 1. The summed E-state index contributed by atoms with van der Waals surface area (Å²) in [6.45, 7) is 0.219. The quantitative estimate of drug-likeness (QED) is 0.861. The average Bonchev–Trinajstić information content (AvgIpc) is 2.47. The van der Waals surface area contributed by atoms with Crippen molar-refractivity contribution < 1.29 is 5.11 Å². The Morgan fingerprint density at radius 1 is 1.67 bits per heavy atom. The van der Waals surface area contributed by atoms with Gasteiger partial charge in [0.05, 0.1) is 0 Å². The average molecular weight is 250 g/mol. The second kappa shape index (κ2) is 4.97. The van der Waals surface area contributed by atoms with Gasteiger partial charge in [0, 0.05) is 22.0 Å². The highest BCUT2D eigenvalue weighted by Gasteiger charge is 2.10. The fourth-order valence-corrected chi connectivity index (χ4v) is 2.72. The van der Waals surface area contributed by atoms with Crippen LogP contribution in [0, 0.1) is 0 Å². The number of aliphatic hydroxyl groups excluding tert-OH is 1. The topological polar surface area (TPSA) is 46.2 Å². The molecule has 2 nitrogen and oxygen atoms in total. The lowest BCUT2D eigenvalue weighted by molar-refractivity contribution is 0.280. The molecular formula is C8H12BrNOS. The Morgan fingerprint density at radius 3 is 2.92 bits per heavy atom. The van der Waals surface area contributed by atoms with Gasteiger partial charge in [-0.3, -0.25) is 0 Å². The number of thiophene rings is 1. The van der Waals surface area contributed by atoms with Crippen molar-refractivity contribution in [2.24, 2.45) is 5.73 Å². The predicted molar refractivity (Wildman–Crippen MR) is 55.3 cm³/mol. The molecule has 1 aromatic heterocycles. The molecule has 0 saturated carbocycles. The van der Waals surface area contributed by atoms with Gasteiger partial charge < -0.3 is 10.8 Å². The van der Waals surface area contributed by atoms with E-state index in [0.29, 0.717) is 0 Å². The van der Waals surface area contributed by atoms with Crippen LogP contribution in [-0.4, -0.2) is 11.7 Å². The molecule has 1 rings (SSSR count). The van der Waals surface area contributed by atoms with Crippen molar-refractivity contribution in [1.82, 2.24) is 0 Å². The van der Waals surface area contributed by atoms with E-state index in [4.69, 9.17) is 10.8 Å². The molecule has 12 heavy (non-hydrogen) atoms. The van der Waals surface area contributed by atoms with E-state index in [1.165, 1.54) is 4.88 Å². The van der Waals surface area contributed by atoms with Gasteiger partial charge in [-0.25, -0.2) is 0 Å². The molecule has 68 valence electrons. The Labute approximate surface area is 84.5 Å². The molecule has 0 spiro atoms. The summed E-state index contributed by atoms with van der Waals surface area (Å²) in [4.78, 5) is 1.17. The van der Waals surface area contributed by atoms with E-state index in [1.54, 1.807) is 11.3 Å². The molecule has 4 heteroatoms. The Morgan fingerprint density at radius 2 is 2.42 bits per heavy atom. The van der Waals surface area contributed by atoms with E-state index in [0.717, 1.165) is 17.3 Å². The van der Waals surface area contributed by atoms with Gasteiger partial charge in [0.25, 0.3) is 0 Å². The lowest BCUT2D eigenvalue weighted by atomic mass is 10.1. The van der Waals surface area contributed by atoms with Crippen molar-refractivity contribution in [3.05, 3.63) is 20.8 Å². The summed E-state index contributed by atoms with van der Waals surface area (Å²) >= 11 is 5.08. The zero-order chi connectivity index (χ0) is 8.97. The molecule has 0 aliphatic carbocycles. The molecule has 0 amide bonds. The van der Waals surface area contributed by atoms with Crippen molar-refractivity contribution in [2.75, 3.05) is 6.61 Å². The molecule has 0 aliphatic rings. The van der Waals surface area contributed by atoms with Gasteiger partial charge in [-0.2, -0.15) is 0 Å². The normalized spacial score (nSPS) is 13.2. The molecule has 0 saturated heterocycles. The molecule has 0 fully saturated rings. The smallest absolute Gasteiger partial charge is 0.0431 e. The third-order valence-electron chi connectivity index (χ3n) is 1.65. The highest BCUT2D eigenvalue weighted by atomic mass is 79.9. The summed E-state index contributed by atoms with van der Waals surface area (Å²) in [5, 5.41) is 10.6. The SMILES string of the molecule is N[C@@H](CCCO)c1sccc1Br. The van der Waals surface area contributed by atoms with Crippen LogP contribution in [0.3, 0.4) is 0 Å². The molecule has 0 aromatic carbocycles. The van der Waals surface area contributed by atoms with E-state index < -0.39 is 0 Å². The van der Waals surface area contributed by atoms with Crippen LogP contribution in [0.4, 0.5) is 0 Å². The van der Waals surface area contributed by atoms with Gasteiger partial charge in [0.2, 0.25) is 0 Å². The van der Waals surface area contributed by atoms with Crippen molar-refractivity contribution in [3.8, 4) is 0 Å². The first-order valence-corrected chi connectivity index (χ1v) is 5.52. The van der Waals surface area contributed by atoms with Crippen LogP contribution in [0.1, 0.15) is 23.8 Å². The maximum atomic E-state index is 8.62. The first kappa shape index (κ1) is 10.2. The third kappa shape index (κ3) is 2.55. The largest absolute Gasteiger partial charge is 0.396 e. The minimum atomic E-state index is 0.0616. The molecule has 0 aliphatic heterocycles. The maximum absolute atomic E-state index is 8.62. The molecule has 3 N–H and O–H groups in total. The van der Waals surface area contributed by atoms with Gasteiger partial charge >= 0.3 is 0 Å². The molecule has 0 bridgehead atoms. The number of aliphatic hydroxyl groups is 1. The van der Waals surface area contributed by atoms with Crippen LogP contribution in [0.5, 0.6) is 0 Å². The summed E-state index contributed by atoms with van der Waals surface area (Å²) in [6, 6.07) is 2.06. The second-order valence-electron chi connectivity index (χ2n) is 2.61. The van der Waals surface area contributed by atoms with Crippen LogP contribution in [-0.2, 0) is 0 Å². The maximum Gasteiger partial charge on any atom is 0.0431 e. The van der Waals surface area contributed by atoms with Crippen molar-refractivity contribution in [1.29, 1.82) is 0 Å². The zero-order valence-electron chi connectivity index (χ0n) is 6.66. The first-order chi connectivity index (χ1) is 5.75. The molecule has 0 unspecified atom stereocenters. The first-order valence-electron chi connectivity index (χ1n) is 3.85. The summed E-state index contributed by atoms with van der Waals surface area (Å²) in [6.07, 6.45) is 1.61.